The molecule has 0 spiro atoms. The zero-order valence-electron chi connectivity index (χ0n) is 11.0. The Morgan fingerprint density at radius 2 is 2.24 bits per heavy atom. The Kier molecular flexibility index (Phi) is 4.40. The molecule has 1 aromatic carbocycles. The van der Waals surface area contributed by atoms with Gasteiger partial charge in [0.1, 0.15) is 6.54 Å². The molecule has 6 nitrogen and oxygen atoms in total. The van der Waals surface area contributed by atoms with E-state index in [4.69, 9.17) is 22.0 Å². The van der Waals surface area contributed by atoms with Crippen LogP contribution < -0.4 is 4.90 Å². The topological polar surface area (TPSA) is 98.5 Å². The van der Waals surface area contributed by atoms with Gasteiger partial charge in [0.25, 0.3) is 0 Å². The maximum atomic E-state index is 11.6. The molecule has 1 fully saturated rings. The van der Waals surface area contributed by atoms with Crippen molar-refractivity contribution in [1.29, 1.82) is 5.26 Å². The Morgan fingerprint density at radius 3 is 2.71 bits per heavy atom. The predicted molar refractivity (Wildman–Crippen MR) is 78.2 cm³/mol. The number of anilines is 1. The van der Waals surface area contributed by atoms with Crippen molar-refractivity contribution in [3.63, 3.8) is 0 Å². The first-order valence-electron chi connectivity index (χ1n) is 6.21. The van der Waals surface area contributed by atoms with Gasteiger partial charge < -0.3 is 10.0 Å². The molecular formula is C13H13ClN2O4S. The largest absolute Gasteiger partial charge is 0.480 e. The highest BCUT2D eigenvalue weighted by molar-refractivity contribution is 7.91. The van der Waals surface area contributed by atoms with E-state index in [0.717, 1.165) is 0 Å². The molecule has 1 atom stereocenters. The normalized spacial score (nSPS) is 19.9. The van der Waals surface area contributed by atoms with Gasteiger partial charge in [-0.2, -0.15) is 5.26 Å². The van der Waals surface area contributed by atoms with Crippen LogP contribution in [0.5, 0.6) is 0 Å². The number of hydrogen-bond acceptors (Lipinski definition) is 5. The maximum Gasteiger partial charge on any atom is 0.323 e. The summed E-state index contributed by atoms with van der Waals surface area (Å²) in [7, 11) is -3.14. The van der Waals surface area contributed by atoms with Crippen molar-refractivity contribution in [2.24, 2.45) is 0 Å². The Hall–Kier alpha value is -1.78. The first kappa shape index (κ1) is 15.6. The first-order valence-corrected chi connectivity index (χ1v) is 8.41. The fourth-order valence-electron chi connectivity index (χ4n) is 2.39. The molecule has 0 bridgehead atoms. The molecule has 1 heterocycles. The van der Waals surface area contributed by atoms with Crippen LogP contribution in [0.3, 0.4) is 0 Å². The van der Waals surface area contributed by atoms with Crippen molar-refractivity contribution in [2.45, 2.75) is 12.5 Å². The van der Waals surface area contributed by atoms with Crippen molar-refractivity contribution in [1.82, 2.24) is 0 Å². The van der Waals surface area contributed by atoms with Crippen LogP contribution in [0, 0.1) is 11.3 Å². The molecule has 1 aromatic rings. The van der Waals surface area contributed by atoms with E-state index >= 15 is 0 Å². The number of aliphatic carboxylic acids is 1. The molecule has 21 heavy (non-hydrogen) atoms. The van der Waals surface area contributed by atoms with E-state index in [2.05, 4.69) is 0 Å². The van der Waals surface area contributed by atoms with Gasteiger partial charge in [-0.3, -0.25) is 4.79 Å². The lowest BCUT2D eigenvalue weighted by molar-refractivity contribution is -0.135. The Balaban J connectivity index is 2.37. The molecular weight excluding hydrogens is 316 g/mol. The van der Waals surface area contributed by atoms with E-state index in [0.29, 0.717) is 17.7 Å². The minimum absolute atomic E-state index is 0.0433. The third-order valence-corrected chi connectivity index (χ3v) is 5.39. The van der Waals surface area contributed by atoms with Gasteiger partial charge in [-0.25, -0.2) is 8.42 Å². The maximum absolute atomic E-state index is 11.6. The number of carboxylic acids is 1. The number of carbonyl (C=O) groups is 1. The lowest BCUT2D eigenvalue weighted by atomic mass is 10.1. The second kappa shape index (κ2) is 5.92. The van der Waals surface area contributed by atoms with Gasteiger partial charge >= 0.3 is 5.97 Å². The van der Waals surface area contributed by atoms with E-state index in [-0.39, 0.29) is 23.1 Å². The summed E-state index contributed by atoms with van der Waals surface area (Å²) >= 11 is 6.10. The van der Waals surface area contributed by atoms with Crippen molar-refractivity contribution >= 4 is 33.1 Å². The van der Waals surface area contributed by atoms with E-state index in [9.17, 15) is 13.2 Å². The summed E-state index contributed by atoms with van der Waals surface area (Å²) in [6.07, 6.45) is 0.367. The lowest BCUT2D eigenvalue weighted by Gasteiger charge is -2.29. The Bertz CT molecular complexity index is 711. The van der Waals surface area contributed by atoms with Crippen LogP contribution in [0.15, 0.2) is 18.2 Å². The average molecular weight is 329 g/mol. The van der Waals surface area contributed by atoms with Gasteiger partial charge in [-0.05, 0) is 24.6 Å². The SMILES string of the molecule is N#Cc1ccc(N(CC(=O)O)C2CCS(=O)(=O)C2)c(Cl)c1. The number of benzene rings is 1. The van der Waals surface area contributed by atoms with E-state index in [1.807, 2.05) is 6.07 Å². The third-order valence-electron chi connectivity index (χ3n) is 3.34. The zero-order valence-corrected chi connectivity index (χ0v) is 12.6. The van der Waals surface area contributed by atoms with E-state index in [1.165, 1.54) is 17.0 Å². The Labute approximate surface area is 127 Å². The zero-order chi connectivity index (χ0) is 15.6. The van der Waals surface area contributed by atoms with Gasteiger partial charge in [0.05, 0.1) is 33.8 Å². The molecule has 0 aromatic heterocycles. The monoisotopic (exact) mass is 328 g/mol. The predicted octanol–water partition coefficient (Wildman–Crippen LogP) is 1.29. The molecule has 0 radical (unpaired) electrons. The summed E-state index contributed by atoms with van der Waals surface area (Å²) < 4.78 is 23.2. The summed E-state index contributed by atoms with van der Waals surface area (Å²) in [4.78, 5) is 12.5. The minimum Gasteiger partial charge on any atom is -0.480 e. The van der Waals surface area contributed by atoms with Gasteiger partial charge in [0.15, 0.2) is 9.84 Å². The van der Waals surface area contributed by atoms with Gasteiger partial charge in [0, 0.05) is 6.04 Å². The molecule has 0 saturated carbocycles. The number of hydrogen-bond donors (Lipinski definition) is 1. The van der Waals surface area contributed by atoms with E-state index in [1.54, 1.807) is 6.07 Å². The number of nitriles is 1. The van der Waals surface area contributed by atoms with Crippen LogP contribution in [0.4, 0.5) is 5.69 Å². The number of halogens is 1. The van der Waals surface area contributed by atoms with Crippen molar-refractivity contribution in [3.05, 3.63) is 28.8 Å². The number of sulfone groups is 1. The lowest BCUT2D eigenvalue weighted by Crippen LogP contribution is -2.40. The van der Waals surface area contributed by atoms with Crippen LogP contribution in [0.2, 0.25) is 5.02 Å². The number of nitrogens with zero attached hydrogens (tertiary/aromatic N) is 2. The highest BCUT2D eigenvalue weighted by Crippen LogP contribution is 2.31. The Morgan fingerprint density at radius 1 is 1.52 bits per heavy atom. The highest BCUT2D eigenvalue weighted by atomic mass is 35.5. The molecule has 2 rings (SSSR count). The first-order chi connectivity index (χ1) is 9.82. The average Bonchev–Trinajstić information content (AvgIpc) is 2.76. The molecule has 1 N–H and O–H groups in total. The third kappa shape index (κ3) is 3.65. The van der Waals surface area contributed by atoms with Crippen LogP contribution in [-0.2, 0) is 14.6 Å². The fourth-order valence-corrected chi connectivity index (χ4v) is 4.41. The molecule has 1 aliphatic rings. The summed E-state index contributed by atoms with van der Waals surface area (Å²) in [5.41, 5.74) is 0.790. The van der Waals surface area contributed by atoms with Crippen LogP contribution >= 0.6 is 11.6 Å². The van der Waals surface area contributed by atoms with Gasteiger partial charge in [0.2, 0.25) is 0 Å². The van der Waals surface area contributed by atoms with Crippen LogP contribution in [-0.4, -0.2) is 43.6 Å². The molecule has 1 saturated heterocycles. The summed E-state index contributed by atoms with van der Waals surface area (Å²) in [6, 6.07) is 6.04. The number of rotatable bonds is 4. The molecule has 0 amide bonds. The summed E-state index contributed by atoms with van der Waals surface area (Å²) in [6.45, 7) is -0.341. The van der Waals surface area contributed by atoms with Crippen LogP contribution in [0.25, 0.3) is 0 Å². The quantitative estimate of drug-likeness (QED) is 0.894. The minimum atomic E-state index is -3.14. The molecule has 0 aliphatic carbocycles. The van der Waals surface area contributed by atoms with Gasteiger partial charge in [-0.15, -0.1) is 0 Å². The van der Waals surface area contributed by atoms with Crippen LogP contribution in [0.1, 0.15) is 12.0 Å². The van der Waals surface area contributed by atoms with Gasteiger partial charge in [-0.1, -0.05) is 11.6 Å². The summed E-state index contributed by atoms with van der Waals surface area (Å²) in [5, 5.41) is 18.1. The highest BCUT2D eigenvalue weighted by Gasteiger charge is 2.34. The van der Waals surface area contributed by atoms with Crippen molar-refractivity contribution < 1.29 is 18.3 Å². The second-order valence-electron chi connectivity index (χ2n) is 4.86. The molecule has 1 aliphatic heterocycles. The standard InChI is InChI=1S/C13H13ClN2O4S/c14-11-5-9(6-15)1-2-12(11)16(7-13(17)18)10-3-4-21(19,20)8-10/h1-2,5,10H,3-4,7-8H2,(H,17,18). The van der Waals surface area contributed by atoms with E-state index < -0.39 is 21.8 Å². The molecule has 1 unspecified atom stereocenters. The molecule has 112 valence electrons. The fraction of sp³-hybridized carbons (Fsp3) is 0.385. The van der Waals surface area contributed by atoms with Crippen molar-refractivity contribution in [2.75, 3.05) is 23.0 Å². The number of carboxylic acid groups (broad SMARTS) is 1. The second-order valence-corrected chi connectivity index (χ2v) is 7.49. The molecule has 8 heteroatoms. The van der Waals surface area contributed by atoms with Crippen molar-refractivity contribution in [3.8, 4) is 6.07 Å². The summed E-state index contributed by atoms with van der Waals surface area (Å²) in [5.74, 6) is -1.11. The smallest absolute Gasteiger partial charge is 0.323 e.